The molecule has 0 aromatic heterocycles. The van der Waals surface area contributed by atoms with E-state index < -0.39 is 24.6 Å². The molecule has 14 heteroatoms. The van der Waals surface area contributed by atoms with E-state index >= 15 is 0 Å². The van der Waals surface area contributed by atoms with Crippen LogP contribution in [0.4, 0.5) is 16.2 Å². The molecule has 238 valence electrons. The van der Waals surface area contributed by atoms with E-state index in [1.54, 1.807) is 6.07 Å². The smallest absolute Gasteiger partial charge is 0.344 e. The molecule has 0 radical (unpaired) electrons. The molecule has 2 heterocycles. The number of nitroso groups, excluding NO2 is 1. The summed E-state index contributed by atoms with van der Waals surface area (Å²) >= 11 is 1.82. The first-order valence-corrected chi connectivity index (χ1v) is 15.4. The highest BCUT2D eigenvalue weighted by Crippen LogP contribution is 2.48. The Labute approximate surface area is 259 Å². The van der Waals surface area contributed by atoms with Crippen molar-refractivity contribution in [1.29, 1.82) is 0 Å². The van der Waals surface area contributed by atoms with Crippen molar-refractivity contribution in [2.24, 2.45) is 5.18 Å². The van der Waals surface area contributed by atoms with Gasteiger partial charge in [0, 0.05) is 29.4 Å². The van der Waals surface area contributed by atoms with Gasteiger partial charge in [-0.3, -0.25) is 15.5 Å². The lowest BCUT2D eigenvalue weighted by molar-refractivity contribution is -0.162. The van der Waals surface area contributed by atoms with Gasteiger partial charge in [-0.1, -0.05) is 18.1 Å². The van der Waals surface area contributed by atoms with Gasteiger partial charge in [0.15, 0.2) is 6.61 Å². The van der Waals surface area contributed by atoms with Crippen molar-refractivity contribution >= 4 is 51.9 Å². The minimum Gasteiger partial charge on any atom is -0.496 e. The second kappa shape index (κ2) is 15.1. The number of methoxy groups -OCH3 is 2. The topological polar surface area (TPSA) is 174 Å². The van der Waals surface area contributed by atoms with Crippen LogP contribution in [0.1, 0.15) is 57.6 Å². The predicted octanol–water partition coefficient (Wildman–Crippen LogP) is 5.27. The molecule has 44 heavy (non-hydrogen) atoms. The van der Waals surface area contributed by atoms with Gasteiger partial charge in [0.2, 0.25) is 0 Å². The molecule has 2 aliphatic rings. The van der Waals surface area contributed by atoms with Gasteiger partial charge in [-0.15, -0.1) is 4.91 Å². The Hall–Kier alpha value is -4.04. The zero-order valence-corrected chi connectivity index (χ0v) is 26.0. The first-order chi connectivity index (χ1) is 21.2. The highest BCUT2D eigenvalue weighted by atomic mass is 32.2. The summed E-state index contributed by atoms with van der Waals surface area (Å²) < 4.78 is 22.3. The molecule has 4 atom stereocenters. The molecule has 4 rings (SSSR count). The Morgan fingerprint density at radius 1 is 1.16 bits per heavy atom. The molecule has 0 bridgehead atoms. The number of hydrogen-bond acceptors (Lipinski definition) is 12. The molecule has 0 spiro atoms. The van der Waals surface area contributed by atoms with Gasteiger partial charge in [0.05, 0.1) is 42.8 Å². The van der Waals surface area contributed by atoms with Crippen molar-refractivity contribution in [3.8, 4) is 11.5 Å². The number of rotatable bonds is 15. The average Bonchev–Trinajstić information content (AvgIpc) is 3.57. The van der Waals surface area contributed by atoms with Crippen molar-refractivity contribution in [3.63, 3.8) is 0 Å². The largest absolute Gasteiger partial charge is 0.496 e. The van der Waals surface area contributed by atoms with Crippen LogP contribution < -0.4 is 25.6 Å². The summed E-state index contributed by atoms with van der Waals surface area (Å²) in [6.45, 7) is 3.23. The highest BCUT2D eigenvalue weighted by Gasteiger charge is 2.42. The number of benzene rings is 2. The Kier molecular flexibility index (Phi) is 11.3. The molecule has 13 nitrogen and oxygen atoms in total. The maximum Gasteiger partial charge on any atom is 0.344 e. The lowest BCUT2D eigenvalue weighted by Crippen LogP contribution is -2.36. The molecule has 2 amide bonds. The molecule has 2 aromatic carbocycles. The maximum atomic E-state index is 12.9. The van der Waals surface area contributed by atoms with Crippen molar-refractivity contribution < 1.29 is 38.5 Å². The van der Waals surface area contributed by atoms with E-state index in [4.69, 9.17) is 18.9 Å². The van der Waals surface area contributed by atoms with Crippen LogP contribution in [0.5, 0.6) is 11.5 Å². The Morgan fingerprint density at radius 2 is 1.95 bits per heavy atom. The fourth-order valence-electron chi connectivity index (χ4n) is 5.53. The number of amides is 2. The lowest BCUT2D eigenvalue weighted by Gasteiger charge is -2.23. The summed E-state index contributed by atoms with van der Waals surface area (Å²) in [4.78, 5) is 48.6. The van der Waals surface area contributed by atoms with E-state index in [0.717, 1.165) is 24.2 Å². The number of urea groups is 1. The number of hydrogen-bond donors (Lipinski definition) is 4. The summed E-state index contributed by atoms with van der Waals surface area (Å²) in [6, 6.07) is 4.65. The third-order valence-corrected chi connectivity index (χ3v) is 9.13. The van der Waals surface area contributed by atoms with Crippen molar-refractivity contribution in [1.82, 2.24) is 10.6 Å². The number of nitrogens with zero attached hydrogens (tertiary/aromatic N) is 1. The number of thioether (sulfide) groups is 1. The number of unbranched alkanes of at least 4 members (excludes halogenated alkanes) is 1. The SMILES string of the molecule is COc1cc([C@H](CC=C(C)C)OC(=O)COC(=O)CCCC[C@@H]2SC[C@@H]3NC(=O)N[C@@H]32)c(OC)c2c(N=O)ccc(NO)c12. The van der Waals surface area contributed by atoms with Gasteiger partial charge < -0.3 is 29.6 Å². The van der Waals surface area contributed by atoms with Crippen LogP contribution in [0.2, 0.25) is 0 Å². The summed E-state index contributed by atoms with van der Waals surface area (Å²) in [5.74, 6) is 0.0980. The standard InChI is InChI=1S/C30H38N4O9S/c1-16(2)9-12-21(17-13-22(40-3)26-18(33-38)10-11-19(34-39)27(26)29(17)41-4)43-25(36)14-42-24(35)8-6-5-7-23-28-20(15-44-23)31-30(37)32-28/h9-11,13,20-21,23,28,33,38H,5-8,12,14-15H2,1-4H3,(H2,31,32,37)/t20-,21-,23-,28-/m0/s1. The number of ether oxygens (including phenoxy) is 4. The van der Waals surface area contributed by atoms with Crippen LogP contribution in [0.25, 0.3) is 10.8 Å². The number of nitrogens with one attached hydrogen (secondary N) is 3. The Balaban J connectivity index is 1.42. The minimum absolute atomic E-state index is 0.0354. The molecule has 2 fully saturated rings. The molecule has 2 aliphatic heterocycles. The number of fused-ring (bicyclic) bond motifs is 2. The van der Waals surface area contributed by atoms with Gasteiger partial charge in [-0.05, 0) is 50.1 Å². The molecule has 0 unspecified atom stereocenters. The van der Waals surface area contributed by atoms with Crippen molar-refractivity contribution in [2.75, 3.05) is 32.1 Å². The Bertz CT molecular complexity index is 1430. The fraction of sp³-hybridized carbons (Fsp3) is 0.500. The first kappa shape index (κ1) is 32.9. The van der Waals surface area contributed by atoms with E-state index in [9.17, 15) is 24.5 Å². The van der Waals surface area contributed by atoms with Crippen LogP contribution in [-0.2, 0) is 19.1 Å². The molecular weight excluding hydrogens is 592 g/mol. The summed E-state index contributed by atoms with van der Waals surface area (Å²) in [7, 11) is 2.83. The van der Waals surface area contributed by atoms with Crippen LogP contribution in [-0.4, -0.2) is 67.1 Å². The molecule has 2 aromatic rings. The first-order valence-electron chi connectivity index (χ1n) is 14.3. The second-order valence-corrected chi connectivity index (χ2v) is 12.1. The fourth-order valence-corrected chi connectivity index (χ4v) is 7.08. The number of allylic oxidation sites excluding steroid dienone is 1. The normalized spacial score (nSPS) is 19.3. The highest BCUT2D eigenvalue weighted by molar-refractivity contribution is 8.00. The third-order valence-electron chi connectivity index (χ3n) is 7.62. The molecule has 0 aliphatic carbocycles. The van der Waals surface area contributed by atoms with Crippen LogP contribution in [0.15, 0.2) is 35.0 Å². The molecule has 0 saturated carbocycles. The van der Waals surface area contributed by atoms with E-state index in [1.807, 2.05) is 31.7 Å². The molecule has 2 saturated heterocycles. The average molecular weight is 631 g/mol. The van der Waals surface area contributed by atoms with Gasteiger partial charge in [-0.25, -0.2) is 9.59 Å². The quantitative estimate of drug-likeness (QED) is 0.0504. The van der Waals surface area contributed by atoms with Gasteiger partial charge in [-0.2, -0.15) is 11.8 Å². The van der Waals surface area contributed by atoms with E-state index in [2.05, 4.69) is 21.3 Å². The molecule has 4 N–H and O–H groups in total. The van der Waals surface area contributed by atoms with Gasteiger partial charge in [0.1, 0.15) is 23.3 Å². The predicted molar refractivity (Wildman–Crippen MR) is 166 cm³/mol. The van der Waals surface area contributed by atoms with Gasteiger partial charge >= 0.3 is 18.0 Å². The van der Waals surface area contributed by atoms with Gasteiger partial charge in [0.25, 0.3) is 0 Å². The van der Waals surface area contributed by atoms with Crippen LogP contribution >= 0.6 is 11.8 Å². The monoisotopic (exact) mass is 630 g/mol. The zero-order chi connectivity index (χ0) is 31.8. The second-order valence-electron chi connectivity index (χ2n) is 10.8. The Morgan fingerprint density at radius 3 is 2.64 bits per heavy atom. The third kappa shape index (κ3) is 7.53. The van der Waals surface area contributed by atoms with E-state index in [-0.39, 0.29) is 59.2 Å². The summed E-state index contributed by atoms with van der Waals surface area (Å²) in [5, 5.41) is 19.6. The zero-order valence-electron chi connectivity index (χ0n) is 25.1. The van der Waals surface area contributed by atoms with Crippen molar-refractivity contribution in [3.05, 3.63) is 40.3 Å². The lowest BCUT2D eigenvalue weighted by atomic mass is 9.96. The number of carbonyl (C=O) groups excluding carboxylic acids is 3. The minimum atomic E-state index is -0.895. The van der Waals surface area contributed by atoms with E-state index in [0.29, 0.717) is 22.6 Å². The summed E-state index contributed by atoms with van der Waals surface area (Å²) in [6.07, 6.45) is 3.64. The molecular formula is C30H38N4O9S. The number of carbonyl (C=O) groups is 3. The maximum absolute atomic E-state index is 12.9. The number of anilines is 1. The van der Waals surface area contributed by atoms with Crippen LogP contribution in [0.3, 0.4) is 0 Å². The van der Waals surface area contributed by atoms with E-state index in [1.165, 1.54) is 26.4 Å². The number of esters is 2. The van der Waals surface area contributed by atoms with Crippen molar-refractivity contribution in [2.45, 2.75) is 69.4 Å². The summed E-state index contributed by atoms with van der Waals surface area (Å²) in [5.41, 5.74) is 3.76. The van der Waals surface area contributed by atoms with Crippen LogP contribution in [0, 0.1) is 4.91 Å².